The average Bonchev–Trinajstić information content (AvgIpc) is 3.71. The molecule has 1 amide bonds. The van der Waals surface area contributed by atoms with Crippen LogP contribution in [0.15, 0.2) is 97.2 Å². The van der Waals surface area contributed by atoms with Gasteiger partial charge in [-0.15, -0.1) is 0 Å². The van der Waals surface area contributed by atoms with E-state index in [4.69, 9.17) is 9.05 Å². The highest BCUT2D eigenvalue weighted by Gasteiger charge is 2.24. The SMILES string of the molecule is CC/C=C\C/C=C\C/C=C\C/C=C\C/C=C\C/C=C\C/C=C\C/C=C\CCCCCCCCCCCCCCCCCCC(=O)NC(COP(=O)([O-])OCC[N+](C)(C)C)C(O)CCCCCCCCCCCCCCCCCCCCCCCCCCC. The summed E-state index contributed by atoms with van der Waals surface area (Å²) < 4.78 is 23.6. The van der Waals surface area contributed by atoms with Gasteiger partial charge in [-0.3, -0.25) is 9.36 Å². The van der Waals surface area contributed by atoms with Crippen molar-refractivity contribution in [1.82, 2.24) is 5.32 Å². The summed E-state index contributed by atoms with van der Waals surface area (Å²) in [6, 6.07) is -0.806. The van der Waals surface area contributed by atoms with Gasteiger partial charge in [-0.2, -0.15) is 0 Å². The van der Waals surface area contributed by atoms with Gasteiger partial charge in [0.2, 0.25) is 5.91 Å². The van der Waals surface area contributed by atoms with Crippen molar-refractivity contribution >= 4 is 13.7 Å². The van der Waals surface area contributed by atoms with Crippen LogP contribution in [0.25, 0.3) is 0 Å². The van der Waals surface area contributed by atoms with Crippen molar-refractivity contribution in [2.45, 2.75) is 360 Å². The second kappa shape index (κ2) is 68.8. The molecule has 3 unspecified atom stereocenters. The number of carbonyl (C=O) groups excluding carboxylic acids is 1. The van der Waals surface area contributed by atoms with Crippen LogP contribution < -0.4 is 10.2 Å². The zero-order valence-electron chi connectivity index (χ0n) is 58.7. The summed E-state index contributed by atoms with van der Waals surface area (Å²) in [7, 11) is 1.31. The van der Waals surface area contributed by atoms with E-state index in [1.807, 2.05) is 21.1 Å². The van der Waals surface area contributed by atoms with E-state index < -0.39 is 20.0 Å². The Morgan fingerprint density at radius 3 is 1.01 bits per heavy atom. The van der Waals surface area contributed by atoms with Crippen molar-refractivity contribution in [1.29, 1.82) is 0 Å². The summed E-state index contributed by atoms with van der Waals surface area (Å²) in [5.74, 6) is -0.162. The Morgan fingerprint density at radius 1 is 0.409 bits per heavy atom. The number of unbranched alkanes of at least 4 members (excludes halogenated alkanes) is 40. The molecule has 88 heavy (non-hydrogen) atoms. The molecule has 0 saturated heterocycles. The lowest BCUT2D eigenvalue weighted by Gasteiger charge is -2.30. The maximum atomic E-state index is 13.1. The van der Waals surface area contributed by atoms with Gasteiger partial charge in [-0.1, -0.05) is 361 Å². The van der Waals surface area contributed by atoms with E-state index in [2.05, 4.69) is 116 Å². The molecule has 0 aromatic heterocycles. The molecule has 8 nitrogen and oxygen atoms in total. The molecule has 2 N–H and O–H groups in total. The lowest BCUT2D eigenvalue weighted by atomic mass is 10.0. The van der Waals surface area contributed by atoms with Crippen molar-refractivity contribution < 1.29 is 32.9 Å². The first-order valence-electron chi connectivity index (χ1n) is 37.6. The smallest absolute Gasteiger partial charge is 0.268 e. The molecule has 0 saturated carbocycles. The number of phosphoric ester groups is 1. The largest absolute Gasteiger partial charge is 0.756 e. The fourth-order valence-electron chi connectivity index (χ4n) is 11.1. The molecule has 0 rings (SSSR count). The first-order chi connectivity index (χ1) is 43.0. The highest BCUT2D eigenvalue weighted by molar-refractivity contribution is 7.45. The number of aliphatic hydroxyl groups excluding tert-OH is 1. The summed E-state index contributed by atoms with van der Waals surface area (Å²) in [5, 5.41) is 14.1. The van der Waals surface area contributed by atoms with Gasteiger partial charge in [0.15, 0.2) is 0 Å². The molecule has 0 bridgehead atoms. The molecular formula is C79H145N2O6P. The number of carbonyl (C=O) groups is 1. The summed E-state index contributed by atoms with van der Waals surface area (Å²) in [6.45, 7) is 4.65. The zero-order chi connectivity index (χ0) is 64.1. The number of hydrogen-bond acceptors (Lipinski definition) is 6. The second-order valence-corrected chi connectivity index (χ2v) is 28.0. The van der Waals surface area contributed by atoms with Crippen LogP contribution >= 0.6 is 7.82 Å². The Kier molecular flexibility index (Phi) is 66.8. The molecular weight excluding hydrogens is 1100 g/mol. The van der Waals surface area contributed by atoms with Crippen molar-refractivity contribution in [3.05, 3.63) is 97.2 Å². The molecule has 9 heteroatoms. The fourth-order valence-corrected chi connectivity index (χ4v) is 11.8. The molecule has 0 aliphatic heterocycles. The monoisotopic (exact) mass is 1250 g/mol. The van der Waals surface area contributed by atoms with E-state index in [1.54, 1.807) is 0 Å². The third-order valence-electron chi connectivity index (χ3n) is 16.8. The first kappa shape index (κ1) is 85.4. The minimum absolute atomic E-state index is 0.0109. The van der Waals surface area contributed by atoms with Crippen LogP contribution in [-0.2, 0) is 18.4 Å². The van der Waals surface area contributed by atoms with Crippen LogP contribution in [0.5, 0.6) is 0 Å². The molecule has 0 aromatic carbocycles. The standard InChI is InChI=1S/C79H145N2O6P/c1-6-8-10-12-14-16-18-20-22-24-26-28-30-32-33-34-35-36-37-38-39-40-41-42-43-44-45-46-47-49-51-53-55-57-59-61-63-65-67-69-71-73-79(83)80-77(76-87-88(84,85)86-75-74-81(3,4)5)78(82)72-70-68-66-64-62-60-58-56-54-52-50-48-31-29-27-25-23-21-19-17-15-13-11-9-7-2/h8,10,14,16,20,22,26,28,32-33,35-36,38-39,41-42,77-78,82H,6-7,9,11-13,15,17-19,21,23-25,27,29-31,34,37,40,43-76H2,1-5H3,(H-,80,83,84,85)/b10-8-,16-14-,22-20-,28-26-,33-32-,36-35-,39-38-,42-41-. The van der Waals surface area contributed by atoms with Gasteiger partial charge < -0.3 is 28.8 Å². The number of rotatable bonds is 69. The second-order valence-electron chi connectivity index (χ2n) is 26.6. The highest BCUT2D eigenvalue weighted by atomic mass is 31.2. The summed E-state index contributed by atoms with van der Waals surface area (Å²) in [5.41, 5.74) is 0. The molecule has 0 aliphatic rings. The summed E-state index contributed by atoms with van der Waals surface area (Å²) in [4.78, 5) is 25.7. The Balaban J connectivity index is 3.98. The molecule has 0 aliphatic carbocycles. The Labute approximate surface area is 547 Å². The summed E-state index contributed by atoms with van der Waals surface area (Å²) >= 11 is 0. The molecule has 0 spiro atoms. The Morgan fingerprint density at radius 2 is 0.693 bits per heavy atom. The fraction of sp³-hybridized carbons (Fsp3) is 0.785. The number of nitrogens with zero attached hydrogens (tertiary/aromatic N) is 1. The predicted molar refractivity (Wildman–Crippen MR) is 385 cm³/mol. The van der Waals surface area contributed by atoms with E-state index in [9.17, 15) is 19.4 Å². The van der Waals surface area contributed by atoms with E-state index in [0.717, 1.165) is 89.9 Å². The number of allylic oxidation sites excluding steroid dienone is 16. The first-order valence-corrected chi connectivity index (χ1v) is 39.0. The Bertz CT molecular complexity index is 1760. The van der Waals surface area contributed by atoms with Gasteiger partial charge in [0, 0.05) is 6.42 Å². The van der Waals surface area contributed by atoms with Crippen molar-refractivity contribution in [2.75, 3.05) is 40.9 Å². The molecule has 3 atom stereocenters. The molecule has 512 valence electrons. The van der Waals surface area contributed by atoms with Crippen molar-refractivity contribution in [3.8, 4) is 0 Å². The van der Waals surface area contributed by atoms with Gasteiger partial charge in [0.25, 0.3) is 7.82 Å². The minimum atomic E-state index is -4.59. The van der Waals surface area contributed by atoms with Gasteiger partial charge in [-0.25, -0.2) is 0 Å². The van der Waals surface area contributed by atoms with E-state index in [1.165, 1.54) is 231 Å². The van der Waals surface area contributed by atoms with Crippen LogP contribution in [0.2, 0.25) is 0 Å². The van der Waals surface area contributed by atoms with Crippen molar-refractivity contribution in [2.24, 2.45) is 0 Å². The third kappa shape index (κ3) is 70.9. The number of quaternary nitrogens is 1. The maximum Gasteiger partial charge on any atom is 0.268 e. The minimum Gasteiger partial charge on any atom is -0.756 e. The third-order valence-corrected chi connectivity index (χ3v) is 17.8. The quantitative estimate of drug-likeness (QED) is 0.0272. The molecule has 0 aromatic rings. The topological polar surface area (TPSA) is 108 Å². The van der Waals surface area contributed by atoms with E-state index in [0.29, 0.717) is 23.9 Å². The van der Waals surface area contributed by atoms with Gasteiger partial charge in [0.1, 0.15) is 13.2 Å². The molecule has 0 radical (unpaired) electrons. The zero-order valence-corrected chi connectivity index (χ0v) is 59.6. The highest BCUT2D eigenvalue weighted by Crippen LogP contribution is 2.38. The number of likely N-dealkylation sites (N-methyl/N-ethyl adjacent to an activating group) is 1. The normalized spacial score (nSPS) is 14.1. The number of hydrogen-bond donors (Lipinski definition) is 2. The predicted octanol–water partition coefficient (Wildman–Crippen LogP) is 23.8. The Hall–Kier alpha value is -2.58. The van der Waals surface area contributed by atoms with E-state index in [-0.39, 0.29) is 19.1 Å². The number of phosphoric acid groups is 1. The number of nitrogens with one attached hydrogen (secondary N) is 1. The van der Waals surface area contributed by atoms with Crippen LogP contribution in [-0.4, -0.2) is 68.5 Å². The van der Waals surface area contributed by atoms with E-state index >= 15 is 0 Å². The summed E-state index contributed by atoms with van der Waals surface area (Å²) in [6.07, 6.45) is 99.2. The molecule has 0 fully saturated rings. The van der Waals surface area contributed by atoms with Crippen LogP contribution in [0.4, 0.5) is 0 Å². The molecule has 0 heterocycles. The number of amides is 1. The van der Waals surface area contributed by atoms with Gasteiger partial charge >= 0.3 is 0 Å². The van der Waals surface area contributed by atoms with Crippen LogP contribution in [0, 0.1) is 0 Å². The lowest BCUT2D eigenvalue weighted by molar-refractivity contribution is -0.870. The average molecular weight is 1250 g/mol. The van der Waals surface area contributed by atoms with Gasteiger partial charge in [0.05, 0.1) is 39.9 Å². The number of aliphatic hydroxyl groups is 1. The lowest BCUT2D eigenvalue weighted by Crippen LogP contribution is -2.46. The van der Waals surface area contributed by atoms with Crippen LogP contribution in [0.1, 0.15) is 348 Å². The van der Waals surface area contributed by atoms with Crippen molar-refractivity contribution in [3.63, 3.8) is 0 Å². The maximum absolute atomic E-state index is 13.1. The van der Waals surface area contributed by atoms with Crippen LogP contribution in [0.3, 0.4) is 0 Å². The van der Waals surface area contributed by atoms with Gasteiger partial charge in [-0.05, 0) is 77.0 Å².